The van der Waals surface area contributed by atoms with Crippen molar-refractivity contribution in [2.75, 3.05) is 19.6 Å². The fraction of sp³-hybridized carbons (Fsp3) is 0.650. The Bertz CT molecular complexity index is 642. The quantitative estimate of drug-likeness (QED) is 0.831. The first-order valence-electron chi connectivity index (χ1n) is 9.70. The van der Waals surface area contributed by atoms with Gasteiger partial charge in [0.15, 0.2) is 0 Å². The predicted molar refractivity (Wildman–Crippen MR) is 95.0 cm³/mol. The molecule has 0 radical (unpaired) electrons. The molecule has 5 nitrogen and oxygen atoms in total. The fourth-order valence-electron chi connectivity index (χ4n) is 4.95. The van der Waals surface area contributed by atoms with E-state index in [2.05, 4.69) is 9.88 Å². The average Bonchev–Trinajstić information content (AvgIpc) is 2.98. The Kier molecular flexibility index (Phi) is 4.48. The van der Waals surface area contributed by atoms with Gasteiger partial charge in [0, 0.05) is 43.6 Å². The number of carbonyl (C=O) groups excluding carboxylic acids is 2. The smallest absolute Gasteiger partial charge is 0.253 e. The number of pyridine rings is 1. The van der Waals surface area contributed by atoms with Gasteiger partial charge in [-0.1, -0.05) is 19.3 Å². The molecule has 3 fully saturated rings. The summed E-state index contributed by atoms with van der Waals surface area (Å²) in [5, 5.41) is 0. The molecule has 2 aliphatic heterocycles. The van der Waals surface area contributed by atoms with E-state index in [1.807, 2.05) is 4.90 Å². The highest BCUT2D eigenvalue weighted by Gasteiger charge is 2.51. The molecule has 3 aliphatic rings. The maximum atomic E-state index is 13.3. The van der Waals surface area contributed by atoms with Crippen molar-refractivity contribution in [2.45, 2.75) is 57.4 Å². The molecule has 0 aromatic carbocycles. The molecule has 1 aromatic rings. The Hall–Kier alpha value is -1.91. The largest absolute Gasteiger partial charge is 0.339 e. The zero-order valence-corrected chi connectivity index (χ0v) is 14.8. The molecule has 2 amide bonds. The van der Waals surface area contributed by atoms with Gasteiger partial charge in [-0.15, -0.1) is 0 Å². The van der Waals surface area contributed by atoms with Crippen LogP contribution in [-0.2, 0) is 4.79 Å². The van der Waals surface area contributed by atoms with Crippen LogP contribution in [0.1, 0.15) is 61.7 Å². The molecule has 2 saturated heterocycles. The highest BCUT2D eigenvalue weighted by atomic mass is 16.2. The number of likely N-dealkylation sites (tertiary alicyclic amines) is 2. The summed E-state index contributed by atoms with van der Waals surface area (Å²) in [5.74, 6) is 0.344. The predicted octanol–water partition coefficient (Wildman–Crippen LogP) is 2.87. The van der Waals surface area contributed by atoms with E-state index in [0.717, 1.165) is 45.2 Å². The van der Waals surface area contributed by atoms with E-state index in [0.29, 0.717) is 24.1 Å². The van der Waals surface area contributed by atoms with Crippen LogP contribution in [0.5, 0.6) is 0 Å². The molecular weight excluding hydrogens is 314 g/mol. The van der Waals surface area contributed by atoms with Crippen LogP contribution in [0.15, 0.2) is 24.5 Å². The van der Waals surface area contributed by atoms with Crippen LogP contribution in [0.4, 0.5) is 0 Å². The lowest BCUT2D eigenvalue weighted by Gasteiger charge is -2.40. The molecule has 3 heterocycles. The standard InChI is InChI=1S/C20H27N3O2/c24-18(16-7-11-21-12-8-16)22-13-4-9-20(15-22)10-14-23(19(20)25)17-5-2-1-3-6-17/h7-8,11-12,17H,1-6,9-10,13-15H2. The number of aromatic nitrogens is 1. The lowest BCUT2D eigenvalue weighted by Crippen LogP contribution is -2.51. The molecule has 5 heteroatoms. The monoisotopic (exact) mass is 341 g/mol. The van der Waals surface area contributed by atoms with Gasteiger partial charge < -0.3 is 9.80 Å². The number of carbonyl (C=O) groups is 2. The van der Waals surface area contributed by atoms with Gasteiger partial charge in [0.25, 0.3) is 5.91 Å². The van der Waals surface area contributed by atoms with Crippen molar-refractivity contribution < 1.29 is 9.59 Å². The third-order valence-corrected chi connectivity index (χ3v) is 6.35. The van der Waals surface area contributed by atoms with Crippen molar-refractivity contribution in [3.63, 3.8) is 0 Å². The number of hydrogen-bond acceptors (Lipinski definition) is 3. The molecule has 1 aromatic heterocycles. The van der Waals surface area contributed by atoms with Crippen molar-refractivity contribution in [3.8, 4) is 0 Å². The second kappa shape index (κ2) is 6.77. The van der Waals surface area contributed by atoms with Crippen molar-refractivity contribution in [1.29, 1.82) is 0 Å². The van der Waals surface area contributed by atoms with Gasteiger partial charge in [-0.3, -0.25) is 14.6 Å². The molecule has 134 valence electrons. The Morgan fingerprint density at radius 2 is 1.80 bits per heavy atom. The molecule has 1 spiro atoms. The maximum absolute atomic E-state index is 13.3. The SMILES string of the molecule is O=C(c1ccncc1)N1CCCC2(CCN(C3CCCCC3)C2=O)C1. The van der Waals surface area contributed by atoms with E-state index in [-0.39, 0.29) is 11.3 Å². The maximum Gasteiger partial charge on any atom is 0.253 e. The summed E-state index contributed by atoms with van der Waals surface area (Å²) >= 11 is 0. The lowest BCUT2D eigenvalue weighted by atomic mass is 9.78. The van der Waals surface area contributed by atoms with Crippen LogP contribution in [0.3, 0.4) is 0 Å². The molecule has 1 saturated carbocycles. The van der Waals surface area contributed by atoms with Gasteiger partial charge in [0.2, 0.25) is 5.91 Å². The minimum Gasteiger partial charge on any atom is -0.339 e. The lowest BCUT2D eigenvalue weighted by molar-refractivity contribution is -0.140. The summed E-state index contributed by atoms with van der Waals surface area (Å²) in [6.45, 7) is 2.20. The molecule has 1 unspecified atom stereocenters. The first kappa shape index (κ1) is 16.6. The minimum atomic E-state index is -0.335. The van der Waals surface area contributed by atoms with Gasteiger partial charge in [0.05, 0.1) is 5.41 Å². The topological polar surface area (TPSA) is 53.5 Å². The van der Waals surface area contributed by atoms with E-state index in [9.17, 15) is 9.59 Å². The summed E-state index contributed by atoms with van der Waals surface area (Å²) in [5.41, 5.74) is 0.333. The van der Waals surface area contributed by atoms with Crippen LogP contribution in [0.25, 0.3) is 0 Å². The van der Waals surface area contributed by atoms with Gasteiger partial charge in [0.1, 0.15) is 0 Å². The zero-order valence-electron chi connectivity index (χ0n) is 14.8. The molecule has 4 rings (SSSR count). The Morgan fingerprint density at radius 3 is 2.56 bits per heavy atom. The van der Waals surface area contributed by atoms with E-state index < -0.39 is 0 Å². The second-order valence-electron chi connectivity index (χ2n) is 7.89. The summed E-state index contributed by atoms with van der Waals surface area (Å²) in [7, 11) is 0. The van der Waals surface area contributed by atoms with Crippen molar-refractivity contribution in [2.24, 2.45) is 5.41 Å². The van der Waals surface area contributed by atoms with Crippen molar-refractivity contribution in [3.05, 3.63) is 30.1 Å². The normalized spacial score (nSPS) is 27.9. The Balaban J connectivity index is 1.48. The average molecular weight is 341 g/mol. The minimum absolute atomic E-state index is 0.0328. The Labute approximate surface area is 149 Å². The molecule has 1 aliphatic carbocycles. The molecular formula is C20H27N3O2. The summed E-state index contributed by atoms with van der Waals surface area (Å²) in [4.78, 5) is 34.1. The number of hydrogen-bond donors (Lipinski definition) is 0. The summed E-state index contributed by atoms with van der Waals surface area (Å²) < 4.78 is 0. The van der Waals surface area contributed by atoms with Crippen LogP contribution in [-0.4, -0.2) is 52.3 Å². The van der Waals surface area contributed by atoms with Crippen LogP contribution < -0.4 is 0 Å². The third kappa shape index (κ3) is 3.05. The summed E-state index contributed by atoms with van der Waals surface area (Å²) in [6.07, 6.45) is 12.2. The van der Waals surface area contributed by atoms with E-state index in [4.69, 9.17) is 0 Å². The van der Waals surface area contributed by atoms with Gasteiger partial charge in [-0.05, 0) is 44.2 Å². The first-order valence-corrected chi connectivity index (χ1v) is 9.70. The van der Waals surface area contributed by atoms with Crippen LogP contribution in [0, 0.1) is 5.41 Å². The van der Waals surface area contributed by atoms with Gasteiger partial charge in [-0.25, -0.2) is 0 Å². The van der Waals surface area contributed by atoms with E-state index >= 15 is 0 Å². The van der Waals surface area contributed by atoms with E-state index in [1.165, 1.54) is 19.3 Å². The molecule has 1 atom stereocenters. The van der Waals surface area contributed by atoms with Crippen LogP contribution >= 0.6 is 0 Å². The highest BCUT2D eigenvalue weighted by Crippen LogP contribution is 2.42. The van der Waals surface area contributed by atoms with Gasteiger partial charge >= 0.3 is 0 Å². The third-order valence-electron chi connectivity index (χ3n) is 6.35. The molecule has 25 heavy (non-hydrogen) atoms. The zero-order chi connectivity index (χ0) is 17.3. The van der Waals surface area contributed by atoms with E-state index in [1.54, 1.807) is 24.5 Å². The fourth-order valence-corrected chi connectivity index (χ4v) is 4.95. The number of piperidine rings is 1. The van der Waals surface area contributed by atoms with Gasteiger partial charge in [-0.2, -0.15) is 0 Å². The number of nitrogens with zero attached hydrogens (tertiary/aromatic N) is 3. The first-order chi connectivity index (χ1) is 12.2. The molecule has 0 N–H and O–H groups in total. The number of rotatable bonds is 2. The van der Waals surface area contributed by atoms with Crippen molar-refractivity contribution >= 4 is 11.8 Å². The second-order valence-corrected chi connectivity index (χ2v) is 7.89. The van der Waals surface area contributed by atoms with Crippen LogP contribution in [0.2, 0.25) is 0 Å². The molecule has 0 bridgehead atoms. The number of amides is 2. The van der Waals surface area contributed by atoms with Crippen molar-refractivity contribution in [1.82, 2.24) is 14.8 Å². The Morgan fingerprint density at radius 1 is 1.04 bits per heavy atom. The highest BCUT2D eigenvalue weighted by molar-refractivity contribution is 5.95. The summed E-state index contributed by atoms with van der Waals surface area (Å²) in [6, 6.07) is 3.95.